The molecule has 4 heteroatoms. The molecule has 1 saturated heterocycles. The number of ether oxygens (including phenoxy) is 2. The van der Waals surface area contributed by atoms with E-state index in [0.29, 0.717) is 0 Å². The third-order valence-corrected chi connectivity index (χ3v) is 5.83. The molecule has 1 aliphatic rings. The molecular formula is C26H27NO3. The molecule has 1 aliphatic heterocycles. The number of nitrogens with zero attached hydrogens (tertiary/aromatic N) is 1. The maximum Gasteiger partial charge on any atom is 0.255 e. The number of amides is 1. The van der Waals surface area contributed by atoms with Gasteiger partial charge in [-0.15, -0.1) is 0 Å². The van der Waals surface area contributed by atoms with Gasteiger partial charge in [-0.2, -0.15) is 0 Å². The first kappa shape index (κ1) is 20.2. The Bertz CT molecular complexity index is 944. The summed E-state index contributed by atoms with van der Waals surface area (Å²) in [6, 6.07) is 27.8. The summed E-state index contributed by atoms with van der Waals surface area (Å²) in [5.41, 5.74) is 3.12. The molecule has 0 aromatic heterocycles. The van der Waals surface area contributed by atoms with E-state index in [1.54, 1.807) is 7.11 Å². The Morgan fingerprint density at radius 2 is 1.33 bits per heavy atom. The van der Waals surface area contributed by atoms with Crippen molar-refractivity contribution in [2.45, 2.75) is 38.1 Å². The molecule has 30 heavy (non-hydrogen) atoms. The highest BCUT2D eigenvalue weighted by Gasteiger charge is 2.50. The van der Waals surface area contributed by atoms with Gasteiger partial charge in [-0.3, -0.25) is 4.79 Å². The second kappa shape index (κ2) is 8.72. The van der Waals surface area contributed by atoms with Crippen molar-refractivity contribution in [1.82, 2.24) is 4.90 Å². The Morgan fingerprint density at radius 1 is 0.833 bits per heavy atom. The van der Waals surface area contributed by atoms with Crippen LogP contribution in [0, 0.1) is 0 Å². The Balaban J connectivity index is 1.63. The highest BCUT2D eigenvalue weighted by molar-refractivity contribution is 5.85. The van der Waals surface area contributed by atoms with Gasteiger partial charge in [-0.05, 0) is 31.0 Å². The van der Waals surface area contributed by atoms with Gasteiger partial charge in [0.15, 0.2) is 6.10 Å². The number of para-hydroxylation sites is 1. The van der Waals surface area contributed by atoms with Gasteiger partial charge >= 0.3 is 0 Å². The van der Waals surface area contributed by atoms with E-state index < -0.39 is 6.10 Å². The standard InChI is InChI=1S/C26H27NO3/c1-18(20-12-6-4-7-13-20)27(19(2)21-14-8-5-9-15-21)26(28)25-24(30-25)22-16-10-11-17-23(22)29-3/h4-19,24-25H,1-3H3/t18-,19-,24-,25+/m0/s1. The molecule has 0 unspecified atom stereocenters. The predicted molar refractivity (Wildman–Crippen MR) is 117 cm³/mol. The van der Waals surface area contributed by atoms with Crippen molar-refractivity contribution in [3.05, 3.63) is 102 Å². The Labute approximate surface area is 178 Å². The first-order valence-corrected chi connectivity index (χ1v) is 10.3. The first-order valence-electron chi connectivity index (χ1n) is 10.3. The molecule has 1 heterocycles. The Hall–Kier alpha value is -3.11. The van der Waals surface area contributed by atoms with Crippen molar-refractivity contribution in [3.8, 4) is 5.75 Å². The second-order valence-corrected chi connectivity index (χ2v) is 7.64. The fourth-order valence-corrected chi connectivity index (χ4v) is 4.09. The van der Waals surface area contributed by atoms with E-state index in [1.165, 1.54) is 0 Å². The summed E-state index contributed by atoms with van der Waals surface area (Å²) in [4.78, 5) is 15.6. The minimum Gasteiger partial charge on any atom is -0.496 e. The van der Waals surface area contributed by atoms with Crippen LogP contribution in [0.1, 0.15) is 48.7 Å². The number of benzene rings is 3. The van der Waals surface area contributed by atoms with Crippen molar-refractivity contribution in [2.75, 3.05) is 7.11 Å². The van der Waals surface area contributed by atoms with Gasteiger partial charge in [0, 0.05) is 5.56 Å². The number of carbonyl (C=O) groups is 1. The number of epoxide rings is 1. The molecule has 0 radical (unpaired) electrons. The van der Waals surface area contributed by atoms with Crippen LogP contribution in [0.2, 0.25) is 0 Å². The molecule has 0 saturated carbocycles. The van der Waals surface area contributed by atoms with Crippen LogP contribution in [-0.2, 0) is 9.53 Å². The predicted octanol–water partition coefficient (Wildman–Crippen LogP) is 5.49. The number of hydrogen-bond acceptors (Lipinski definition) is 3. The van der Waals surface area contributed by atoms with Crippen LogP contribution in [0.3, 0.4) is 0 Å². The maximum atomic E-state index is 13.7. The van der Waals surface area contributed by atoms with Crippen LogP contribution in [0.4, 0.5) is 0 Å². The fraction of sp³-hybridized carbons (Fsp3) is 0.269. The normalized spacial score (nSPS) is 19.6. The zero-order valence-electron chi connectivity index (χ0n) is 17.6. The molecule has 3 aromatic carbocycles. The summed E-state index contributed by atoms with van der Waals surface area (Å²) in [6.45, 7) is 4.15. The van der Waals surface area contributed by atoms with Gasteiger partial charge in [-0.25, -0.2) is 0 Å². The molecule has 1 amide bonds. The smallest absolute Gasteiger partial charge is 0.255 e. The second-order valence-electron chi connectivity index (χ2n) is 7.64. The van der Waals surface area contributed by atoms with E-state index in [9.17, 15) is 4.79 Å². The quantitative estimate of drug-likeness (QED) is 0.492. The van der Waals surface area contributed by atoms with E-state index in [0.717, 1.165) is 22.4 Å². The van der Waals surface area contributed by atoms with Crippen LogP contribution < -0.4 is 4.74 Å². The lowest BCUT2D eigenvalue weighted by Gasteiger charge is -2.35. The molecular weight excluding hydrogens is 374 g/mol. The van der Waals surface area contributed by atoms with Crippen LogP contribution in [0.15, 0.2) is 84.9 Å². The van der Waals surface area contributed by atoms with Gasteiger partial charge in [0.2, 0.25) is 0 Å². The van der Waals surface area contributed by atoms with E-state index in [2.05, 4.69) is 38.1 Å². The molecule has 0 spiro atoms. The molecule has 4 nitrogen and oxygen atoms in total. The van der Waals surface area contributed by atoms with E-state index >= 15 is 0 Å². The van der Waals surface area contributed by atoms with Crippen molar-refractivity contribution < 1.29 is 14.3 Å². The van der Waals surface area contributed by atoms with E-state index in [-0.39, 0.29) is 24.1 Å². The molecule has 154 valence electrons. The average Bonchev–Trinajstić information content (AvgIpc) is 3.61. The number of carbonyl (C=O) groups excluding carboxylic acids is 1. The Kier molecular flexibility index (Phi) is 5.86. The third-order valence-electron chi connectivity index (χ3n) is 5.83. The van der Waals surface area contributed by atoms with Gasteiger partial charge in [0.1, 0.15) is 11.9 Å². The van der Waals surface area contributed by atoms with Crippen LogP contribution in [0.5, 0.6) is 5.75 Å². The number of hydrogen-bond donors (Lipinski definition) is 0. The van der Waals surface area contributed by atoms with E-state index in [1.807, 2.05) is 65.6 Å². The highest BCUT2D eigenvalue weighted by atomic mass is 16.6. The lowest BCUT2D eigenvalue weighted by Crippen LogP contribution is -2.39. The zero-order valence-corrected chi connectivity index (χ0v) is 17.6. The van der Waals surface area contributed by atoms with Gasteiger partial charge in [0.25, 0.3) is 5.91 Å². The largest absolute Gasteiger partial charge is 0.496 e. The summed E-state index contributed by atoms with van der Waals surface area (Å²) in [6.07, 6.45) is -0.777. The van der Waals surface area contributed by atoms with E-state index in [4.69, 9.17) is 9.47 Å². The minimum atomic E-state index is -0.501. The third kappa shape index (κ3) is 3.96. The molecule has 3 aromatic rings. The summed E-state index contributed by atoms with van der Waals surface area (Å²) in [7, 11) is 1.64. The molecule has 0 bridgehead atoms. The summed E-state index contributed by atoms with van der Waals surface area (Å²) in [5.74, 6) is 0.746. The summed E-state index contributed by atoms with van der Waals surface area (Å²) < 4.78 is 11.4. The minimum absolute atomic E-state index is 0.00128. The maximum absolute atomic E-state index is 13.7. The molecule has 0 N–H and O–H groups in total. The summed E-state index contributed by atoms with van der Waals surface area (Å²) >= 11 is 0. The first-order chi connectivity index (χ1) is 14.6. The SMILES string of the molecule is COc1ccccc1[C@@H]1O[C@H]1C(=O)N([C@@H](C)c1ccccc1)[C@@H](C)c1ccccc1. The van der Waals surface area contributed by atoms with Crippen molar-refractivity contribution >= 4 is 5.91 Å². The molecule has 1 fully saturated rings. The molecule has 0 aliphatic carbocycles. The fourth-order valence-electron chi connectivity index (χ4n) is 4.09. The lowest BCUT2D eigenvalue weighted by molar-refractivity contribution is -0.137. The average molecular weight is 402 g/mol. The topological polar surface area (TPSA) is 42.1 Å². The van der Waals surface area contributed by atoms with Gasteiger partial charge in [-0.1, -0.05) is 78.9 Å². The van der Waals surface area contributed by atoms with Gasteiger partial charge in [0.05, 0.1) is 19.2 Å². The van der Waals surface area contributed by atoms with Gasteiger partial charge < -0.3 is 14.4 Å². The lowest BCUT2D eigenvalue weighted by atomic mass is 9.99. The highest BCUT2D eigenvalue weighted by Crippen LogP contribution is 2.45. The van der Waals surface area contributed by atoms with Crippen molar-refractivity contribution in [1.29, 1.82) is 0 Å². The monoisotopic (exact) mass is 401 g/mol. The van der Waals surface area contributed by atoms with Crippen LogP contribution in [0.25, 0.3) is 0 Å². The molecule has 4 atom stereocenters. The van der Waals surface area contributed by atoms with Crippen LogP contribution in [-0.4, -0.2) is 24.0 Å². The number of methoxy groups -OCH3 is 1. The van der Waals surface area contributed by atoms with Crippen molar-refractivity contribution in [3.63, 3.8) is 0 Å². The zero-order chi connectivity index (χ0) is 21.1. The molecule has 4 rings (SSSR count). The van der Waals surface area contributed by atoms with Crippen LogP contribution >= 0.6 is 0 Å². The summed E-state index contributed by atoms with van der Waals surface area (Å²) in [5, 5.41) is 0. The van der Waals surface area contributed by atoms with Crippen molar-refractivity contribution in [2.24, 2.45) is 0 Å². The number of rotatable bonds is 7. The Morgan fingerprint density at radius 3 is 1.87 bits per heavy atom.